The first-order valence-corrected chi connectivity index (χ1v) is 8.93. The van der Waals surface area contributed by atoms with Crippen LogP contribution in [0.5, 0.6) is 0 Å². The Morgan fingerprint density at radius 3 is 2.24 bits per heavy atom. The molecule has 0 radical (unpaired) electrons. The van der Waals surface area contributed by atoms with Crippen LogP contribution in [0, 0.1) is 0 Å². The van der Waals surface area contributed by atoms with Gasteiger partial charge in [-0.3, -0.25) is 4.79 Å². The Balaban J connectivity index is 1.71. The molecule has 0 unspecified atom stereocenters. The second kappa shape index (κ2) is 6.45. The van der Waals surface area contributed by atoms with Gasteiger partial charge in [0.05, 0.1) is 6.61 Å². The number of carbonyl (C=O) groups excluding carboxylic acids is 1. The van der Waals surface area contributed by atoms with E-state index in [9.17, 15) is 9.90 Å². The summed E-state index contributed by atoms with van der Waals surface area (Å²) in [4.78, 5) is 11.6. The van der Waals surface area contributed by atoms with E-state index in [0.717, 1.165) is 18.4 Å². The molecule has 0 amide bonds. The highest BCUT2D eigenvalue weighted by Gasteiger charge is 2.35. The Morgan fingerprint density at radius 1 is 0.840 bits per heavy atom. The molecule has 126 valence electrons. The van der Waals surface area contributed by atoms with Crippen molar-refractivity contribution in [2.45, 2.75) is 31.1 Å². The maximum Gasteiger partial charge on any atom is 0.132 e. The lowest BCUT2D eigenvalue weighted by Gasteiger charge is -2.35. The monoisotopic (exact) mass is 330 g/mol. The van der Waals surface area contributed by atoms with Gasteiger partial charge in [0.2, 0.25) is 0 Å². The number of aliphatic hydroxyl groups is 1. The molecular weight excluding hydrogens is 308 g/mol. The number of rotatable bonds is 3. The summed E-state index contributed by atoms with van der Waals surface area (Å²) in [6.07, 6.45) is 2.64. The van der Waals surface area contributed by atoms with Crippen LogP contribution in [0.25, 0.3) is 21.9 Å². The maximum absolute atomic E-state index is 11.6. The number of Topliss-reactive ketones (excluding diaryl/α,β-unsaturated/α-hetero) is 1. The van der Waals surface area contributed by atoms with Gasteiger partial charge in [0.1, 0.15) is 5.78 Å². The third kappa shape index (κ3) is 2.87. The normalized spacial score (nSPS) is 16.9. The van der Waals surface area contributed by atoms with Gasteiger partial charge in [-0.25, -0.2) is 0 Å². The highest BCUT2D eigenvalue weighted by molar-refractivity contribution is 5.96. The number of carbonyl (C=O) groups is 1. The molecule has 1 saturated carbocycles. The zero-order chi connectivity index (χ0) is 17.3. The molecule has 2 heteroatoms. The van der Waals surface area contributed by atoms with Crippen molar-refractivity contribution >= 4 is 16.6 Å². The van der Waals surface area contributed by atoms with Crippen molar-refractivity contribution in [1.29, 1.82) is 0 Å². The molecule has 3 aromatic rings. The smallest absolute Gasteiger partial charge is 0.132 e. The Hall–Kier alpha value is -2.45. The first-order valence-electron chi connectivity index (χ1n) is 8.93. The molecule has 1 aliphatic carbocycles. The van der Waals surface area contributed by atoms with E-state index in [-0.39, 0.29) is 12.0 Å². The zero-order valence-corrected chi connectivity index (χ0v) is 14.2. The summed E-state index contributed by atoms with van der Waals surface area (Å²) >= 11 is 0. The van der Waals surface area contributed by atoms with Gasteiger partial charge in [-0.05, 0) is 40.3 Å². The molecule has 4 rings (SSSR count). The fourth-order valence-corrected chi connectivity index (χ4v) is 4.03. The van der Waals surface area contributed by atoms with Crippen LogP contribution >= 0.6 is 0 Å². The quantitative estimate of drug-likeness (QED) is 0.743. The number of benzene rings is 3. The lowest BCUT2D eigenvalue weighted by atomic mass is 9.69. The van der Waals surface area contributed by atoms with Crippen LogP contribution in [0.1, 0.15) is 31.2 Å². The van der Waals surface area contributed by atoms with Crippen LogP contribution in [0.15, 0.2) is 66.7 Å². The van der Waals surface area contributed by atoms with Crippen LogP contribution in [0.3, 0.4) is 0 Å². The molecule has 0 aromatic heterocycles. The van der Waals surface area contributed by atoms with E-state index in [4.69, 9.17) is 0 Å². The van der Waals surface area contributed by atoms with Crippen molar-refractivity contribution in [3.63, 3.8) is 0 Å². The lowest BCUT2D eigenvalue weighted by Crippen LogP contribution is -2.35. The molecule has 25 heavy (non-hydrogen) atoms. The average molecular weight is 330 g/mol. The number of hydrogen-bond donors (Lipinski definition) is 1. The number of aliphatic hydroxyl groups excluding tert-OH is 1. The van der Waals surface area contributed by atoms with Gasteiger partial charge in [-0.2, -0.15) is 0 Å². The van der Waals surface area contributed by atoms with Crippen LogP contribution in [-0.4, -0.2) is 17.5 Å². The summed E-state index contributed by atoms with van der Waals surface area (Å²) in [7, 11) is 0. The number of ketones is 1. The molecule has 0 heterocycles. The third-order valence-electron chi connectivity index (χ3n) is 5.67. The van der Waals surface area contributed by atoms with E-state index in [2.05, 4.69) is 66.7 Å². The first kappa shape index (κ1) is 16.0. The fourth-order valence-electron chi connectivity index (χ4n) is 4.03. The van der Waals surface area contributed by atoms with Crippen molar-refractivity contribution in [2.75, 3.05) is 6.61 Å². The minimum absolute atomic E-state index is 0.105. The third-order valence-corrected chi connectivity index (χ3v) is 5.67. The van der Waals surface area contributed by atoms with Crippen LogP contribution < -0.4 is 0 Å². The minimum atomic E-state index is -0.259. The molecule has 0 bridgehead atoms. The molecule has 0 atom stereocenters. The van der Waals surface area contributed by atoms with Gasteiger partial charge < -0.3 is 5.11 Å². The predicted octanol–water partition coefficient (Wildman–Crippen LogP) is 4.88. The SMILES string of the molecule is O=C1CCC(CO)(c2ccc(-c3cccc4ccccc34)cc2)CC1. The summed E-state index contributed by atoms with van der Waals surface area (Å²) in [5, 5.41) is 12.5. The molecule has 1 N–H and O–H groups in total. The molecule has 0 aliphatic heterocycles. The first-order chi connectivity index (χ1) is 12.2. The van der Waals surface area contributed by atoms with Crippen molar-refractivity contribution in [2.24, 2.45) is 0 Å². The Bertz CT molecular complexity index is 894. The van der Waals surface area contributed by atoms with Crippen LogP contribution in [-0.2, 0) is 10.2 Å². The molecular formula is C23H22O2. The molecule has 2 nitrogen and oxygen atoms in total. The molecule has 0 saturated heterocycles. The second-order valence-electron chi connectivity index (χ2n) is 7.08. The predicted molar refractivity (Wildman–Crippen MR) is 102 cm³/mol. The van der Waals surface area contributed by atoms with Gasteiger partial charge >= 0.3 is 0 Å². The van der Waals surface area contributed by atoms with Crippen molar-refractivity contribution in [3.05, 3.63) is 72.3 Å². The Morgan fingerprint density at radius 2 is 1.52 bits per heavy atom. The summed E-state index contributed by atoms with van der Waals surface area (Å²) in [6.45, 7) is 0.105. The zero-order valence-electron chi connectivity index (χ0n) is 14.2. The molecule has 1 fully saturated rings. The van der Waals surface area contributed by atoms with Gasteiger partial charge in [-0.1, -0.05) is 66.7 Å². The van der Waals surface area contributed by atoms with Gasteiger partial charge in [0.15, 0.2) is 0 Å². The maximum atomic E-state index is 11.6. The van der Waals surface area contributed by atoms with Crippen LogP contribution in [0.4, 0.5) is 0 Å². The average Bonchev–Trinajstić information content (AvgIpc) is 2.69. The van der Waals surface area contributed by atoms with E-state index in [1.54, 1.807) is 0 Å². The van der Waals surface area contributed by atoms with E-state index in [0.29, 0.717) is 18.6 Å². The largest absolute Gasteiger partial charge is 0.395 e. The van der Waals surface area contributed by atoms with E-state index < -0.39 is 0 Å². The Kier molecular flexibility index (Phi) is 4.14. The lowest BCUT2D eigenvalue weighted by molar-refractivity contribution is -0.121. The van der Waals surface area contributed by atoms with Crippen molar-refractivity contribution in [3.8, 4) is 11.1 Å². The van der Waals surface area contributed by atoms with E-state index in [1.165, 1.54) is 21.9 Å². The highest BCUT2D eigenvalue weighted by atomic mass is 16.3. The van der Waals surface area contributed by atoms with Gasteiger partial charge in [0.25, 0.3) is 0 Å². The minimum Gasteiger partial charge on any atom is -0.395 e. The summed E-state index contributed by atoms with van der Waals surface area (Å²) < 4.78 is 0. The summed E-state index contributed by atoms with van der Waals surface area (Å²) in [5.41, 5.74) is 3.29. The van der Waals surface area contributed by atoms with E-state index in [1.807, 2.05) is 0 Å². The number of fused-ring (bicyclic) bond motifs is 1. The Labute approximate surface area is 148 Å². The summed E-state index contributed by atoms with van der Waals surface area (Å²) in [6, 6.07) is 23.3. The fraction of sp³-hybridized carbons (Fsp3) is 0.261. The standard InChI is InChI=1S/C23H22O2/c24-16-23(14-12-20(25)13-15-23)19-10-8-18(9-11-19)22-7-3-5-17-4-1-2-6-21(17)22/h1-11,24H,12-16H2. The molecule has 3 aromatic carbocycles. The molecule has 0 spiro atoms. The molecule has 1 aliphatic rings. The number of hydrogen-bond acceptors (Lipinski definition) is 2. The topological polar surface area (TPSA) is 37.3 Å². The van der Waals surface area contributed by atoms with Crippen molar-refractivity contribution < 1.29 is 9.90 Å². The van der Waals surface area contributed by atoms with E-state index >= 15 is 0 Å². The van der Waals surface area contributed by atoms with Crippen molar-refractivity contribution in [1.82, 2.24) is 0 Å². The second-order valence-corrected chi connectivity index (χ2v) is 7.08. The summed E-state index contributed by atoms with van der Waals surface area (Å²) in [5.74, 6) is 0.316. The van der Waals surface area contributed by atoms with Gasteiger partial charge in [-0.15, -0.1) is 0 Å². The van der Waals surface area contributed by atoms with Gasteiger partial charge in [0, 0.05) is 18.3 Å². The highest BCUT2D eigenvalue weighted by Crippen LogP contribution is 2.39. The van der Waals surface area contributed by atoms with Crippen LogP contribution in [0.2, 0.25) is 0 Å².